The highest BCUT2D eigenvalue weighted by molar-refractivity contribution is 6.30. The van der Waals surface area contributed by atoms with Crippen LogP contribution in [0.15, 0.2) is 36.5 Å². The zero-order valence-corrected chi connectivity index (χ0v) is 19.9. The van der Waals surface area contributed by atoms with Crippen molar-refractivity contribution in [2.45, 2.75) is 40.9 Å². The largest absolute Gasteiger partial charge is 0.317 e. The van der Waals surface area contributed by atoms with Crippen LogP contribution in [0, 0.1) is 37.8 Å². The molecule has 0 saturated carbocycles. The molecule has 0 atom stereocenters. The van der Waals surface area contributed by atoms with Crippen molar-refractivity contribution in [1.82, 2.24) is 29.3 Å². The van der Waals surface area contributed by atoms with E-state index in [1.54, 1.807) is 26.1 Å². The van der Waals surface area contributed by atoms with Gasteiger partial charge in [0.15, 0.2) is 5.69 Å². The predicted molar refractivity (Wildman–Crippen MR) is 126 cm³/mol. The average Bonchev–Trinajstić information content (AvgIpc) is 3.41. The van der Waals surface area contributed by atoms with E-state index < -0.39 is 4.92 Å². The maximum Gasteiger partial charge on any atom is 0.312 e. The van der Waals surface area contributed by atoms with Crippen molar-refractivity contribution in [3.63, 3.8) is 0 Å². The molecule has 4 rings (SSSR count). The van der Waals surface area contributed by atoms with Crippen molar-refractivity contribution in [3.05, 3.63) is 85.7 Å². The number of aromatic nitrogens is 6. The Bertz CT molecular complexity index is 1400. The van der Waals surface area contributed by atoms with E-state index in [1.165, 1.54) is 9.36 Å². The number of nitrogens with one attached hydrogen (secondary N) is 1. The fourth-order valence-corrected chi connectivity index (χ4v) is 4.02. The minimum absolute atomic E-state index is 0.0224. The molecule has 12 heteroatoms. The first kappa shape index (κ1) is 23.2. The first-order valence-corrected chi connectivity index (χ1v) is 10.8. The number of benzene rings is 1. The van der Waals surface area contributed by atoms with Gasteiger partial charge in [0.05, 0.1) is 28.5 Å². The van der Waals surface area contributed by atoms with E-state index >= 15 is 0 Å². The predicted octanol–water partition coefficient (Wildman–Crippen LogP) is 3.88. The molecule has 1 N–H and O–H groups in total. The number of nitrogens with zero attached hydrogens (tertiary/aromatic N) is 7. The van der Waals surface area contributed by atoms with E-state index in [0.29, 0.717) is 34.3 Å². The van der Waals surface area contributed by atoms with Crippen LogP contribution in [0.4, 0.5) is 11.4 Å². The summed E-state index contributed by atoms with van der Waals surface area (Å²) in [4.78, 5) is 23.6. The number of carbonyl (C=O) groups is 1. The van der Waals surface area contributed by atoms with E-state index in [0.717, 1.165) is 11.3 Å². The van der Waals surface area contributed by atoms with Crippen LogP contribution in [0.25, 0.3) is 0 Å². The van der Waals surface area contributed by atoms with Gasteiger partial charge in [-0.05, 0) is 51.5 Å². The second-order valence-corrected chi connectivity index (χ2v) is 8.38. The molecule has 3 heterocycles. The first-order valence-electron chi connectivity index (χ1n) is 10.5. The Kier molecular flexibility index (Phi) is 6.20. The monoisotopic (exact) mass is 482 g/mol. The minimum atomic E-state index is -0.451. The first-order chi connectivity index (χ1) is 16.1. The molecule has 0 bridgehead atoms. The fraction of sp³-hybridized carbons (Fsp3) is 0.273. The topological polar surface area (TPSA) is 126 Å². The minimum Gasteiger partial charge on any atom is -0.317 e. The van der Waals surface area contributed by atoms with Gasteiger partial charge in [0.25, 0.3) is 5.91 Å². The average molecular weight is 483 g/mol. The highest BCUT2D eigenvalue weighted by Gasteiger charge is 2.22. The number of carbonyl (C=O) groups excluding carboxylic acids is 1. The summed E-state index contributed by atoms with van der Waals surface area (Å²) in [6.07, 6.45) is 1.62. The van der Waals surface area contributed by atoms with E-state index in [-0.39, 0.29) is 24.0 Å². The van der Waals surface area contributed by atoms with Gasteiger partial charge in [0.2, 0.25) is 0 Å². The van der Waals surface area contributed by atoms with Crippen LogP contribution < -0.4 is 5.32 Å². The van der Waals surface area contributed by atoms with Gasteiger partial charge in [-0.1, -0.05) is 23.7 Å². The second-order valence-electron chi connectivity index (χ2n) is 7.95. The third-order valence-electron chi connectivity index (χ3n) is 5.52. The molecule has 0 aliphatic heterocycles. The summed E-state index contributed by atoms with van der Waals surface area (Å²) in [5, 5.41) is 27.8. The van der Waals surface area contributed by atoms with Crippen molar-refractivity contribution in [1.29, 1.82) is 0 Å². The number of aryl methyl sites for hydroxylation is 2. The Morgan fingerprint density at radius 1 is 1.06 bits per heavy atom. The molecule has 0 unspecified atom stereocenters. The molecule has 0 fully saturated rings. The van der Waals surface area contributed by atoms with Crippen LogP contribution >= 0.6 is 11.6 Å². The number of hydrogen-bond donors (Lipinski definition) is 1. The van der Waals surface area contributed by atoms with Crippen LogP contribution in [0.5, 0.6) is 0 Å². The number of nitro groups is 1. The zero-order valence-electron chi connectivity index (χ0n) is 19.1. The number of rotatable bonds is 7. The Balaban J connectivity index is 1.49. The summed E-state index contributed by atoms with van der Waals surface area (Å²) in [6.45, 7) is 7.58. The maximum atomic E-state index is 12.9. The van der Waals surface area contributed by atoms with Gasteiger partial charge in [-0.3, -0.25) is 24.3 Å². The lowest BCUT2D eigenvalue weighted by molar-refractivity contribution is -0.386. The highest BCUT2D eigenvalue weighted by atomic mass is 35.5. The molecule has 0 spiro atoms. The van der Waals surface area contributed by atoms with Crippen molar-refractivity contribution < 1.29 is 9.72 Å². The lowest BCUT2D eigenvalue weighted by atomic mass is 10.2. The van der Waals surface area contributed by atoms with Crippen LogP contribution in [0.2, 0.25) is 5.02 Å². The van der Waals surface area contributed by atoms with Crippen LogP contribution in [-0.2, 0) is 13.2 Å². The quantitative estimate of drug-likeness (QED) is 0.314. The third kappa shape index (κ3) is 4.55. The fourth-order valence-electron chi connectivity index (χ4n) is 3.81. The molecular formula is C22H23ClN8O3. The molecule has 0 saturated heterocycles. The number of anilines is 1. The number of amides is 1. The number of halogens is 1. The zero-order chi connectivity index (χ0) is 24.6. The molecule has 0 aliphatic rings. The van der Waals surface area contributed by atoms with E-state index in [9.17, 15) is 14.9 Å². The Morgan fingerprint density at radius 2 is 1.79 bits per heavy atom. The Hall–Kier alpha value is -3.99. The van der Waals surface area contributed by atoms with Crippen molar-refractivity contribution in [3.8, 4) is 0 Å². The Morgan fingerprint density at radius 3 is 2.47 bits per heavy atom. The van der Waals surface area contributed by atoms with Crippen molar-refractivity contribution in [2.24, 2.45) is 0 Å². The van der Waals surface area contributed by atoms with Gasteiger partial charge in [0.1, 0.15) is 18.1 Å². The summed E-state index contributed by atoms with van der Waals surface area (Å²) in [5.41, 5.74) is 4.04. The molecule has 0 aliphatic carbocycles. The molecule has 1 aromatic carbocycles. The van der Waals surface area contributed by atoms with E-state index in [1.807, 2.05) is 42.8 Å². The molecule has 34 heavy (non-hydrogen) atoms. The lowest BCUT2D eigenvalue weighted by Crippen LogP contribution is -2.16. The van der Waals surface area contributed by atoms with E-state index in [2.05, 4.69) is 20.6 Å². The molecule has 3 aromatic heterocycles. The van der Waals surface area contributed by atoms with Crippen LogP contribution in [-0.4, -0.2) is 40.2 Å². The third-order valence-corrected chi connectivity index (χ3v) is 5.75. The van der Waals surface area contributed by atoms with Gasteiger partial charge < -0.3 is 5.32 Å². The molecule has 1 amide bonds. The molecule has 4 aromatic rings. The van der Waals surface area contributed by atoms with Gasteiger partial charge >= 0.3 is 5.69 Å². The second kappa shape index (κ2) is 9.10. The summed E-state index contributed by atoms with van der Waals surface area (Å²) in [6, 6.07) is 9.11. The van der Waals surface area contributed by atoms with Gasteiger partial charge in [-0.15, -0.1) is 0 Å². The van der Waals surface area contributed by atoms with Gasteiger partial charge in [-0.2, -0.15) is 15.3 Å². The van der Waals surface area contributed by atoms with Crippen molar-refractivity contribution in [2.75, 3.05) is 5.32 Å². The lowest BCUT2D eigenvalue weighted by Gasteiger charge is -2.07. The van der Waals surface area contributed by atoms with Gasteiger partial charge in [0, 0.05) is 11.2 Å². The SMILES string of the molecule is Cc1nn(Cc2cccc(Cl)c2)c(C)c1NC(=O)c1ccn(Cn2nc(C)c([N+](=O)[O-])c2C)n1. The van der Waals surface area contributed by atoms with Gasteiger partial charge in [-0.25, -0.2) is 4.68 Å². The standard InChI is InChI=1S/C22H23ClN8O3/c1-13-20(15(3)29(25-13)11-17-6-5-7-18(23)10-17)24-22(32)19-8-9-28(27-19)12-30-16(4)21(31(33)34)14(2)26-30/h5-10H,11-12H2,1-4H3,(H,24,32). The smallest absolute Gasteiger partial charge is 0.312 e. The normalized spacial score (nSPS) is 11.1. The summed E-state index contributed by atoms with van der Waals surface area (Å²) >= 11 is 6.08. The highest BCUT2D eigenvalue weighted by Crippen LogP contribution is 2.23. The van der Waals surface area contributed by atoms with Crippen LogP contribution in [0.1, 0.15) is 38.8 Å². The van der Waals surface area contributed by atoms with Crippen molar-refractivity contribution >= 4 is 28.9 Å². The summed E-state index contributed by atoms with van der Waals surface area (Å²) in [7, 11) is 0. The maximum absolute atomic E-state index is 12.9. The van der Waals surface area contributed by atoms with Crippen LogP contribution in [0.3, 0.4) is 0 Å². The van der Waals surface area contributed by atoms with E-state index in [4.69, 9.17) is 11.6 Å². The molecular weight excluding hydrogens is 460 g/mol. The Labute approximate surface area is 200 Å². The molecule has 176 valence electrons. The molecule has 11 nitrogen and oxygen atoms in total. The molecule has 0 radical (unpaired) electrons. The number of hydrogen-bond acceptors (Lipinski definition) is 6. The summed E-state index contributed by atoms with van der Waals surface area (Å²) in [5.74, 6) is -0.383. The summed E-state index contributed by atoms with van der Waals surface area (Å²) < 4.78 is 4.79.